The molecule has 1 aromatic rings. The standard InChI is InChI=1S/C16H22N2O.ClH/c1-12-15-7-3-2-5-13(15)8-10-18(12)16(19)14-6-4-9-17-11-14;/h2-3,5,7,12,14,17H,4,6,8-11H2,1H3;1H. The molecule has 110 valence electrons. The van der Waals surface area contributed by atoms with Crippen LogP contribution in [0.5, 0.6) is 0 Å². The Morgan fingerprint density at radius 3 is 2.90 bits per heavy atom. The van der Waals surface area contributed by atoms with Gasteiger partial charge in [-0.2, -0.15) is 0 Å². The van der Waals surface area contributed by atoms with Crippen molar-refractivity contribution in [3.05, 3.63) is 35.4 Å². The van der Waals surface area contributed by atoms with E-state index in [1.807, 2.05) is 0 Å². The van der Waals surface area contributed by atoms with Gasteiger partial charge in [0, 0.05) is 13.1 Å². The minimum absolute atomic E-state index is 0. The van der Waals surface area contributed by atoms with Crippen LogP contribution in [0, 0.1) is 5.92 Å². The first-order valence-electron chi connectivity index (χ1n) is 7.36. The fourth-order valence-corrected chi connectivity index (χ4v) is 3.37. The van der Waals surface area contributed by atoms with Crippen LogP contribution in [0.1, 0.15) is 36.9 Å². The number of carbonyl (C=O) groups excluding carboxylic acids is 1. The van der Waals surface area contributed by atoms with Crippen molar-refractivity contribution >= 4 is 18.3 Å². The molecule has 1 aromatic carbocycles. The number of hydrogen-bond acceptors (Lipinski definition) is 2. The van der Waals surface area contributed by atoms with E-state index in [9.17, 15) is 4.79 Å². The quantitative estimate of drug-likeness (QED) is 0.863. The summed E-state index contributed by atoms with van der Waals surface area (Å²) >= 11 is 0. The zero-order chi connectivity index (χ0) is 13.2. The maximum atomic E-state index is 12.7. The van der Waals surface area contributed by atoms with Crippen LogP contribution < -0.4 is 5.32 Å². The third-order valence-electron chi connectivity index (χ3n) is 4.52. The summed E-state index contributed by atoms with van der Waals surface area (Å²) in [5, 5.41) is 3.34. The van der Waals surface area contributed by atoms with Gasteiger partial charge < -0.3 is 10.2 Å². The Bertz CT molecular complexity index is 471. The molecule has 20 heavy (non-hydrogen) atoms. The normalized spacial score (nSPS) is 25.6. The lowest BCUT2D eigenvalue weighted by atomic mass is 9.91. The molecule has 1 fully saturated rings. The van der Waals surface area contributed by atoms with Crippen LogP contribution in [0.25, 0.3) is 0 Å². The van der Waals surface area contributed by atoms with Gasteiger partial charge in [0.2, 0.25) is 5.91 Å². The van der Waals surface area contributed by atoms with Crippen LogP contribution in [0.15, 0.2) is 24.3 Å². The van der Waals surface area contributed by atoms with Gasteiger partial charge in [0.1, 0.15) is 0 Å². The van der Waals surface area contributed by atoms with Crippen molar-refractivity contribution < 1.29 is 4.79 Å². The van der Waals surface area contributed by atoms with E-state index in [1.54, 1.807) is 0 Å². The molecule has 2 atom stereocenters. The summed E-state index contributed by atoms with van der Waals surface area (Å²) in [5.74, 6) is 0.524. The van der Waals surface area contributed by atoms with Crippen molar-refractivity contribution in [1.82, 2.24) is 10.2 Å². The van der Waals surface area contributed by atoms with Crippen LogP contribution in [0.3, 0.4) is 0 Å². The lowest BCUT2D eigenvalue weighted by molar-refractivity contribution is -0.138. The Hall–Kier alpha value is -1.06. The maximum Gasteiger partial charge on any atom is 0.227 e. The van der Waals surface area contributed by atoms with Crippen LogP contribution in [0.4, 0.5) is 0 Å². The molecule has 3 nitrogen and oxygen atoms in total. The lowest BCUT2D eigenvalue weighted by Crippen LogP contribution is -2.46. The number of piperidine rings is 1. The predicted molar refractivity (Wildman–Crippen MR) is 83.1 cm³/mol. The minimum Gasteiger partial charge on any atom is -0.335 e. The molecular weight excluding hydrogens is 272 g/mol. The van der Waals surface area contributed by atoms with Gasteiger partial charge in [-0.3, -0.25) is 4.79 Å². The topological polar surface area (TPSA) is 32.3 Å². The van der Waals surface area contributed by atoms with Crippen LogP contribution in [-0.2, 0) is 11.2 Å². The first kappa shape index (κ1) is 15.3. The molecule has 1 amide bonds. The van der Waals surface area contributed by atoms with Gasteiger partial charge in [0.05, 0.1) is 12.0 Å². The molecule has 4 heteroatoms. The first-order valence-corrected chi connectivity index (χ1v) is 7.36. The molecule has 2 unspecified atom stereocenters. The number of rotatable bonds is 1. The Labute approximate surface area is 127 Å². The average molecular weight is 295 g/mol. The van der Waals surface area contributed by atoms with E-state index in [1.165, 1.54) is 11.1 Å². The highest BCUT2D eigenvalue weighted by molar-refractivity contribution is 5.85. The van der Waals surface area contributed by atoms with Gasteiger partial charge in [-0.15, -0.1) is 12.4 Å². The van der Waals surface area contributed by atoms with E-state index in [-0.39, 0.29) is 24.4 Å². The lowest BCUT2D eigenvalue weighted by Gasteiger charge is -2.38. The monoisotopic (exact) mass is 294 g/mol. The van der Waals surface area contributed by atoms with Crippen LogP contribution in [0.2, 0.25) is 0 Å². The fourth-order valence-electron chi connectivity index (χ4n) is 3.37. The van der Waals surface area contributed by atoms with Gasteiger partial charge in [0.25, 0.3) is 0 Å². The molecule has 0 aromatic heterocycles. The number of halogens is 1. The second-order valence-electron chi connectivity index (χ2n) is 5.70. The summed E-state index contributed by atoms with van der Waals surface area (Å²) in [6.45, 7) is 4.94. The van der Waals surface area contributed by atoms with Gasteiger partial charge in [-0.25, -0.2) is 0 Å². The van der Waals surface area contributed by atoms with Crippen molar-refractivity contribution in [1.29, 1.82) is 0 Å². The Morgan fingerprint density at radius 2 is 2.15 bits per heavy atom. The van der Waals surface area contributed by atoms with E-state index >= 15 is 0 Å². The van der Waals surface area contributed by atoms with Crippen LogP contribution in [-0.4, -0.2) is 30.4 Å². The molecule has 1 N–H and O–H groups in total. The number of benzene rings is 1. The van der Waals surface area contributed by atoms with E-state index in [2.05, 4.69) is 41.4 Å². The summed E-state index contributed by atoms with van der Waals surface area (Å²) in [5.41, 5.74) is 2.73. The number of nitrogens with one attached hydrogen (secondary N) is 1. The SMILES string of the molecule is CC1c2ccccc2CCN1C(=O)C1CCCNC1.Cl. The Kier molecular flexibility index (Phi) is 5.06. The molecule has 2 aliphatic heterocycles. The van der Waals surface area contributed by atoms with Crippen molar-refractivity contribution in [3.63, 3.8) is 0 Å². The highest BCUT2D eigenvalue weighted by atomic mass is 35.5. The molecule has 0 spiro atoms. The first-order chi connectivity index (χ1) is 9.27. The highest BCUT2D eigenvalue weighted by Gasteiger charge is 2.32. The van der Waals surface area contributed by atoms with Crippen molar-refractivity contribution in [3.8, 4) is 0 Å². The molecule has 0 saturated carbocycles. The van der Waals surface area contributed by atoms with E-state index in [0.29, 0.717) is 5.91 Å². The van der Waals surface area contributed by atoms with Crippen molar-refractivity contribution in [2.75, 3.05) is 19.6 Å². The van der Waals surface area contributed by atoms with Gasteiger partial charge in [0.15, 0.2) is 0 Å². The molecular formula is C16H23ClN2O. The third kappa shape index (κ3) is 2.84. The Morgan fingerprint density at radius 1 is 1.35 bits per heavy atom. The van der Waals surface area contributed by atoms with E-state index in [0.717, 1.165) is 38.9 Å². The van der Waals surface area contributed by atoms with Gasteiger partial charge in [-0.05, 0) is 43.9 Å². The van der Waals surface area contributed by atoms with E-state index in [4.69, 9.17) is 0 Å². The highest BCUT2D eigenvalue weighted by Crippen LogP contribution is 2.31. The summed E-state index contributed by atoms with van der Waals surface area (Å²) in [4.78, 5) is 14.7. The summed E-state index contributed by atoms with van der Waals surface area (Å²) in [7, 11) is 0. The molecule has 0 bridgehead atoms. The summed E-state index contributed by atoms with van der Waals surface area (Å²) < 4.78 is 0. The maximum absolute atomic E-state index is 12.7. The minimum atomic E-state index is 0. The summed E-state index contributed by atoms with van der Waals surface area (Å²) in [6, 6.07) is 8.74. The zero-order valence-electron chi connectivity index (χ0n) is 12.0. The van der Waals surface area contributed by atoms with Crippen LogP contribution >= 0.6 is 12.4 Å². The molecule has 2 aliphatic rings. The second-order valence-corrected chi connectivity index (χ2v) is 5.70. The number of fused-ring (bicyclic) bond motifs is 1. The van der Waals surface area contributed by atoms with E-state index < -0.39 is 0 Å². The van der Waals surface area contributed by atoms with Gasteiger partial charge in [-0.1, -0.05) is 24.3 Å². The second kappa shape index (κ2) is 6.59. The van der Waals surface area contributed by atoms with Crippen molar-refractivity contribution in [2.24, 2.45) is 5.92 Å². The molecule has 2 heterocycles. The number of carbonyl (C=O) groups is 1. The summed E-state index contributed by atoms with van der Waals surface area (Å²) in [6.07, 6.45) is 3.15. The fraction of sp³-hybridized carbons (Fsp3) is 0.562. The number of amides is 1. The number of nitrogens with zero attached hydrogens (tertiary/aromatic N) is 1. The third-order valence-corrected chi connectivity index (χ3v) is 4.52. The number of hydrogen-bond donors (Lipinski definition) is 1. The zero-order valence-corrected chi connectivity index (χ0v) is 12.8. The molecule has 0 aliphatic carbocycles. The predicted octanol–water partition coefficient (Wildman–Crippen LogP) is 2.55. The van der Waals surface area contributed by atoms with Gasteiger partial charge >= 0.3 is 0 Å². The smallest absolute Gasteiger partial charge is 0.227 e. The largest absolute Gasteiger partial charge is 0.335 e. The molecule has 3 rings (SSSR count). The van der Waals surface area contributed by atoms with Crippen molar-refractivity contribution in [2.45, 2.75) is 32.2 Å². The Balaban J connectivity index is 0.00000147. The molecule has 1 saturated heterocycles. The average Bonchev–Trinajstić information content (AvgIpc) is 2.48. The molecule has 0 radical (unpaired) electrons.